The molecule has 1 unspecified atom stereocenters. The number of nitrogens with zero attached hydrogens (tertiary/aromatic N) is 1. The van der Waals surface area contributed by atoms with Crippen LogP contribution >= 0.6 is 15.9 Å². The van der Waals surface area contributed by atoms with Gasteiger partial charge in [0.1, 0.15) is 11.9 Å². The number of aliphatic hydroxyl groups is 1. The van der Waals surface area contributed by atoms with Crippen LogP contribution in [-0.2, 0) is 0 Å². The molecule has 2 rings (SSSR count). The van der Waals surface area contributed by atoms with Crippen molar-refractivity contribution in [2.24, 2.45) is 0 Å². The predicted octanol–water partition coefficient (Wildman–Crippen LogP) is 4.02. The van der Waals surface area contributed by atoms with E-state index in [1.54, 1.807) is 12.4 Å². The van der Waals surface area contributed by atoms with Crippen molar-refractivity contribution in [2.75, 3.05) is 0 Å². The summed E-state index contributed by atoms with van der Waals surface area (Å²) in [5.41, 5.74) is 2.61. The fourth-order valence-electron chi connectivity index (χ4n) is 2.02. The van der Waals surface area contributed by atoms with Gasteiger partial charge in [-0.15, -0.1) is 0 Å². The monoisotopic (exact) mass is 335 g/mol. The summed E-state index contributed by atoms with van der Waals surface area (Å²) in [7, 11) is 0. The molecule has 20 heavy (non-hydrogen) atoms. The Morgan fingerprint density at radius 3 is 2.70 bits per heavy atom. The van der Waals surface area contributed by atoms with Crippen LogP contribution in [0, 0.1) is 6.92 Å². The Balaban J connectivity index is 2.33. The minimum atomic E-state index is -0.712. The molecule has 0 aliphatic heterocycles. The number of aliphatic hydroxyl groups excluding tert-OH is 1. The Morgan fingerprint density at radius 1 is 1.25 bits per heavy atom. The van der Waals surface area contributed by atoms with Crippen LogP contribution in [0.1, 0.15) is 36.6 Å². The van der Waals surface area contributed by atoms with Crippen molar-refractivity contribution in [3.05, 3.63) is 57.8 Å². The highest BCUT2D eigenvalue weighted by molar-refractivity contribution is 9.10. The van der Waals surface area contributed by atoms with Gasteiger partial charge in [-0.1, -0.05) is 28.1 Å². The third-order valence-electron chi connectivity index (χ3n) is 3.03. The number of hydrogen-bond acceptors (Lipinski definition) is 3. The third-order valence-corrected chi connectivity index (χ3v) is 3.89. The maximum atomic E-state index is 10.5. The molecule has 0 radical (unpaired) electrons. The Bertz CT molecular complexity index is 599. The fourth-order valence-corrected chi connectivity index (χ4v) is 2.40. The largest absolute Gasteiger partial charge is 0.489 e. The van der Waals surface area contributed by atoms with Crippen LogP contribution in [0.3, 0.4) is 0 Å². The molecular formula is C16H18BrNO2. The zero-order chi connectivity index (χ0) is 14.7. The summed E-state index contributed by atoms with van der Waals surface area (Å²) in [6.45, 7) is 5.90. The van der Waals surface area contributed by atoms with Gasteiger partial charge in [-0.05, 0) is 44.0 Å². The zero-order valence-electron chi connectivity index (χ0n) is 11.8. The third kappa shape index (κ3) is 3.38. The SMILES string of the molecule is Cc1c(Br)cccc1C(O)c1cncc(OC(C)C)c1. The number of rotatable bonds is 4. The summed E-state index contributed by atoms with van der Waals surface area (Å²) >= 11 is 3.48. The van der Waals surface area contributed by atoms with E-state index in [0.29, 0.717) is 5.75 Å². The van der Waals surface area contributed by atoms with Crippen LogP contribution in [0.25, 0.3) is 0 Å². The highest BCUT2D eigenvalue weighted by atomic mass is 79.9. The van der Waals surface area contributed by atoms with E-state index in [1.165, 1.54) is 0 Å². The number of hydrogen-bond donors (Lipinski definition) is 1. The van der Waals surface area contributed by atoms with E-state index in [4.69, 9.17) is 4.74 Å². The molecule has 1 aromatic carbocycles. The zero-order valence-corrected chi connectivity index (χ0v) is 13.4. The van der Waals surface area contributed by atoms with E-state index in [0.717, 1.165) is 21.2 Å². The van der Waals surface area contributed by atoms with Gasteiger partial charge in [-0.25, -0.2) is 0 Å². The molecule has 0 amide bonds. The van der Waals surface area contributed by atoms with Crippen LogP contribution in [0.15, 0.2) is 41.1 Å². The highest BCUT2D eigenvalue weighted by Crippen LogP contribution is 2.30. The highest BCUT2D eigenvalue weighted by Gasteiger charge is 2.15. The quantitative estimate of drug-likeness (QED) is 0.917. The molecule has 0 saturated heterocycles. The molecule has 0 spiro atoms. The standard InChI is InChI=1S/C16H18BrNO2/c1-10(2)20-13-7-12(8-18-9-13)16(19)14-5-4-6-15(17)11(14)3/h4-10,16,19H,1-3H3. The Hall–Kier alpha value is -1.39. The van der Waals surface area contributed by atoms with Crippen molar-refractivity contribution in [2.45, 2.75) is 33.0 Å². The van der Waals surface area contributed by atoms with E-state index in [-0.39, 0.29) is 6.10 Å². The smallest absolute Gasteiger partial charge is 0.138 e. The summed E-state index contributed by atoms with van der Waals surface area (Å²) in [6.07, 6.45) is 2.69. The van der Waals surface area contributed by atoms with E-state index in [1.807, 2.05) is 45.0 Å². The van der Waals surface area contributed by atoms with Crippen molar-refractivity contribution < 1.29 is 9.84 Å². The normalized spacial score (nSPS) is 12.5. The topological polar surface area (TPSA) is 42.4 Å². The van der Waals surface area contributed by atoms with Crippen molar-refractivity contribution >= 4 is 15.9 Å². The van der Waals surface area contributed by atoms with E-state index >= 15 is 0 Å². The van der Waals surface area contributed by atoms with Crippen LogP contribution in [-0.4, -0.2) is 16.2 Å². The molecular weight excluding hydrogens is 318 g/mol. The summed E-state index contributed by atoms with van der Waals surface area (Å²) < 4.78 is 6.59. The summed E-state index contributed by atoms with van der Waals surface area (Å²) in [6, 6.07) is 7.62. The van der Waals surface area contributed by atoms with Gasteiger partial charge in [0.2, 0.25) is 0 Å². The van der Waals surface area contributed by atoms with Gasteiger partial charge < -0.3 is 9.84 Å². The van der Waals surface area contributed by atoms with E-state index in [2.05, 4.69) is 20.9 Å². The van der Waals surface area contributed by atoms with Crippen molar-refractivity contribution in [3.63, 3.8) is 0 Å². The summed E-state index contributed by atoms with van der Waals surface area (Å²) in [4.78, 5) is 4.14. The van der Waals surface area contributed by atoms with Crippen LogP contribution in [0.5, 0.6) is 5.75 Å². The van der Waals surface area contributed by atoms with Gasteiger partial charge >= 0.3 is 0 Å². The second kappa shape index (κ2) is 6.37. The van der Waals surface area contributed by atoms with Gasteiger partial charge in [0.25, 0.3) is 0 Å². The Morgan fingerprint density at radius 2 is 2.00 bits per heavy atom. The number of pyridine rings is 1. The van der Waals surface area contributed by atoms with Crippen LogP contribution in [0.4, 0.5) is 0 Å². The molecule has 0 aliphatic carbocycles. The van der Waals surface area contributed by atoms with E-state index in [9.17, 15) is 5.11 Å². The minimum absolute atomic E-state index is 0.0804. The fraction of sp³-hybridized carbons (Fsp3) is 0.312. The van der Waals surface area contributed by atoms with E-state index < -0.39 is 6.10 Å². The molecule has 3 nitrogen and oxygen atoms in total. The first-order valence-electron chi connectivity index (χ1n) is 6.53. The lowest BCUT2D eigenvalue weighted by molar-refractivity contribution is 0.215. The molecule has 1 heterocycles. The molecule has 0 bridgehead atoms. The minimum Gasteiger partial charge on any atom is -0.489 e. The molecule has 1 aromatic heterocycles. The van der Waals surface area contributed by atoms with Crippen LogP contribution in [0.2, 0.25) is 0 Å². The molecule has 106 valence electrons. The predicted molar refractivity (Wildman–Crippen MR) is 82.9 cm³/mol. The number of halogens is 1. The summed E-state index contributed by atoms with van der Waals surface area (Å²) in [5, 5.41) is 10.5. The number of ether oxygens (including phenoxy) is 1. The van der Waals surface area contributed by atoms with Gasteiger partial charge in [0.15, 0.2) is 0 Å². The van der Waals surface area contributed by atoms with Crippen molar-refractivity contribution in [1.29, 1.82) is 0 Å². The summed E-state index contributed by atoms with van der Waals surface area (Å²) in [5.74, 6) is 0.671. The van der Waals surface area contributed by atoms with Crippen LogP contribution < -0.4 is 4.74 Å². The lowest BCUT2D eigenvalue weighted by Crippen LogP contribution is -2.08. The molecule has 0 aliphatic rings. The Labute approximate surface area is 127 Å². The van der Waals surface area contributed by atoms with Gasteiger partial charge in [-0.2, -0.15) is 0 Å². The molecule has 4 heteroatoms. The second-order valence-electron chi connectivity index (χ2n) is 4.98. The lowest BCUT2D eigenvalue weighted by atomic mass is 9.99. The first-order chi connectivity index (χ1) is 9.49. The number of aromatic nitrogens is 1. The Kier molecular flexibility index (Phi) is 4.78. The van der Waals surface area contributed by atoms with Gasteiger partial charge in [0.05, 0.1) is 12.3 Å². The van der Waals surface area contributed by atoms with Crippen molar-refractivity contribution in [1.82, 2.24) is 4.98 Å². The second-order valence-corrected chi connectivity index (χ2v) is 5.83. The average molecular weight is 336 g/mol. The first kappa shape index (κ1) is 15.0. The average Bonchev–Trinajstić information content (AvgIpc) is 2.41. The van der Waals surface area contributed by atoms with Crippen molar-refractivity contribution in [3.8, 4) is 5.75 Å². The molecule has 0 saturated carbocycles. The molecule has 0 fully saturated rings. The number of benzene rings is 1. The molecule has 1 N–H and O–H groups in total. The molecule has 2 aromatic rings. The van der Waals surface area contributed by atoms with Gasteiger partial charge in [0, 0.05) is 16.2 Å². The lowest BCUT2D eigenvalue weighted by Gasteiger charge is -2.16. The first-order valence-corrected chi connectivity index (χ1v) is 7.33. The van der Waals surface area contributed by atoms with Gasteiger partial charge in [-0.3, -0.25) is 4.98 Å². The molecule has 1 atom stereocenters. The maximum Gasteiger partial charge on any atom is 0.138 e. The maximum absolute atomic E-state index is 10.5.